The van der Waals surface area contributed by atoms with Crippen molar-refractivity contribution in [2.24, 2.45) is 11.3 Å². The Morgan fingerprint density at radius 3 is 2.52 bits per heavy atom. The second-order valence-electron chi connectivity index (χ2n) is 10.6. The summed E-state index contributed by atoms with van der Waals surface area (Å²) in [5.41, 5.74) is 0.774. The highest BCUT2D eigenvalue weighted by molar-refractivity contribution is 5.82. The van der Waals surface area contributed by atoms with Crippen molar-refractivity contribution in [1.82, 2.24) is 19.8 Å². The molecule has 2 aliphatic heterocycles. The number of nitrogens with zero attached hydrogens (tertiary/aromatic N) is 3. The Morgan fingerprint density at radius 2 is 1.81 bits per heavy atom. The van der Waals surface area contributed by atoms with Crippen molar-refractivity contribution in [2.75, 3.05) is 13.1 Å². The van der Waals surface area contributed by atoms with Crippen molar-refractivity contribution in [3.8, 4) is 0 Å². The van der Waals surface area contributed by atoms with Gasteiger partial charge in [-0.3, -0.25) is 14.4 Å². The van der Waals surface area contributed by atoms with Crippen LogP contribution in [0.3, 0.4) is 0 Å². The molecular weight excluding hydrogens is 392 g/mol. The summed E-state index contributed by atoms with van der Waals surface area (Å²) in [5, 5.41) is 0. The Morgan fingerprint density at radius 1 is 1.06 bits per heavy atom. The molecule has 2 amide bonds. The minimum atomic E-state index is -0.462. The molecule has 0 radical (unpaired) electrons. The number of carbonyl (C=O) groups excluding carboxylic acids is 2. The van der Waals surface area contributed by atoms with Crippen LogP contribution in [0.25, 0.3) is 0 Å². The van der Waals surface area contributed by atoms with Gasteiger partial charge in [0.05, 0.1) is 23.8 Å². The van der Waals surface area contributed by atoms with Gasteiger partial charge in [0.25, 0.3) is 5.56 Å². The van der Waals surface area contributed by atoms with Gasteiger partial charge >= 0.3 is 0 Å². The van der Waals surface area contributed by atoms with Gasteiger partial charge in [0, 0.05) is 31.3 Å². The lowest BCUT2D eigenvalue weighted by Gasteiger charge is -2.32. The van der Waals surface area contributed by atoms with Crippen LogP contribution in [0.5, 0.6) is 0 Å². The number of rotatable bonds is 3. The first-order valence-corrected chi connectivity index (χ1v) is 11.9. The molecule has 0 bridgehead atoms. The second-order valence-corrected chi connectivity index (χ2v) is 10.6. The highest BCUT2D eigenvalue weighted by Gasteiger charge is 2.37. The monoisotopic (exact) mass is 428 g/mol. The van der Waals surface area contributed by atoms with Crippen molar-refractivity contribution in [3.63, 3.8) is 0 Å². The largest absolute Gasteiger partial charge is 0.338 e. The van der Waals surface area contributed by atoms with Crippen LogP contribution in [0, 0.1) is 11.3 Å². The molecule has 1 aliphatic carbocycles. The topological polar surface area (TPSA) is 86.4 Å². The molecule has 1 aromatic rings. The van der Waals surface area contributed by atoms with E-state index in [9.17, 15) is 14.4 Å². The van der Waals surface area contributed by atoms with Gasteiger partial charge in [-0.15, -0.1) is 0 Å². The maximum Gasteiger partial charge on any atom is 0.256 e. The van der Waals surface area contributed by atoms with Crippen molar-refractivity contribution in [1.29, 1.82) is 0 Å². The molecule has 31 heavy (non-hydrogen) atoms. The molecule has 7 nitrogen and oxygen atoms in total. The molecule has 1 unspecified atom stereocenters. The molecule has 170 valence electrons. The van der Waals surface area contributed by atoms with Gasteiger partial charge in [0.2, 0.25) is 11.8 Å². The molecule has 7 heteroatoms. The van der Waals surface area contributed by atoms with Gasteiger partial charge in [-0.05, 0) is 31.6 Å². The normalized spacial score (nSPS) is 22.5. The van der Waals surface area contributed by atoms with Crippen molar-refractivity contribution < 1.29 is 9.59 Å². The first-order valence-electron chi connectivity index (χ1n) is 11.9. The number of aromatic nitrogens is 2. The smallest absolute Gasteiger partial charge is 0.256 e. The highest BCUT2D eigenvalue weighted by Crippen LogP contribution is 2.34. The minimum absolute atomic E-state index is 0.0925. The average molecular weight is 429 g/mol. The number of carbonyl (C=O) groups is 2. The van der Waals surface area contributed by atoms with Crippen molar-refractivity contribution in [2.45, 2.75) is 91.1 Å². The average Bonchev–Trinajstić information content (AvgIpc) is 3.22. The van der Waals surface area contributed by atoms with E-state index in [-0.39, 0.29) is 23.4 Å². The van der Waals surface area contributed by atoms with Gasteiger partial charge in [-0.1, -0.05) is 40.0 Å². The lowest BCUT2D eigenvalue weighted by Crippen LogP contribution is -2.42. The third kappa shape index (κ3) is 4.70. The van der Waals surface area contributed by atoms with Crippen LogP contribution in [-0.2, 0) is 22.6 Å². The summed E-state index contributed by atoms with van der Waals surface area (Å²) in [6.07, 6.45) is 8.95. The van der Waals surface area contributed by atoms with E-state index in [0.29, 0.717) is 49.8 Å². The van der Waals surface area contributed by atoms with E-state index in [1.807, 2.05) is 30.6 Å². The Bertz CT molecular complexity index is 895. The van der Waals surface area contributed by atoms with E-state index < -0.39 is 5.41 Å². The Hall–Kier alpha value is -2.18. The summed E-state index contributed by atoms with van der Waals surface area (Å²) in [6, 6.07) is -0.171. The maximum absolute atomic E-state index is 12.9. The first kappa shape index (κ1) is 22.0. The van der Waals surface area contributed by atoms with E-state index >= 15 is 0 Å². The standard InChI is InChI=1S/C24H36N4O3/c1-24(2,3)23(31)28-12-7-10-19(28)21-25-18-11-13-27(15-17(18)22(30)26-21)20(29)14-16-8-5-4-6-9-16/h16,19H,4-15H2,1-3H3,(H,25,26,30). The van der Waals surface area contributed by atoms with Crippen LogP contribution < -0.4 is 5.56 Å². The van der Waals surface area contributed by atoms with Crippen LogP contribution in [-0.4, -0.2) is 44.7 Å². The van der Waals surface area contributed by atoms with Crippen LogP contribution in [0.1, 0.15) is 95.3 Å². The fourth-order valence-electron chi connectivity index (χ4n) is 5.31. The fraction of sp³-hybridized carbons (Fsp3) is 0.750. The molecule has 1 saturated heterocycles. The van der Waals surface area contributed by atoms with Gasteiger partial charge in [-0.25, -0.2) is 4.98 Å². The zero-order chi connectivity index (χ0) is 22.2. The number of aromatic amines is 1. The number of H-pyrrole nitrogens is 1. The number of hydrogen-bond acceptors (Lipinski definition) is 4. The summed E-state index contributed by atoms with van der Waals surface area (Å²) in [5.74, 6) is 1.35. The molecule has 1 aromatic heterocycles. The lowest BCUT2D eigenvalue weighted by atomic mass is 9.86. The third-order valence-electron chi connectivity index (χ3n) is 7.10. The zero-order valence-corrected chi connectivity index (χ0v) is 19.2. The summed E-state index contributed by atoms with van der Waals surface area (Å²) in [6.45, 7) is 7.43. The van der Waals surface area contributed by atoms with Crippen LogP contribution in [0.15, 0.2) is 4.79 Å². The van der Waals surface area contributed by atoms with E-state index in [1.165, 1.54) is 19.3 Å². The minimum Gasteiger partial charge on any atom is -0.338 e. The molecule has 1 N–H and O–H groups in total. The highest BCUT2D eigenvalue weighted by atomic mass is 16.2. The van der Waals surface area contributed by atoms with E-state index in [0.717, 1.165) is 31.4 Å². The number of amides is 2. The van der Waals surface area contributed by atoms with Crippen LogP contribution in [0.4, 0.5) is 0 Å². The molecule has 1 saturated carbocycles. The summed E-state index contributed by atoms with van der Waals surface area (Å²) in [7, 11) is 0. The summed E-state index contributed by atoms with van der Waals surface area (Å²) >= 11 is 0. The molecule has 3 heterocycles. The van der Waals surface area contributed by atoms with E-state index in [4.69, 9.17) is 4.98 Å². The molecule has 3 aliphatic rings. The van der Waals surface area contributed by atoms with Gasteiger partial charge in [0.1, 0.15) is 5.82 Å². The number of likely N-dealkylation sites (tertiary alicyclic amines) is 1. The third-order valence-corrected chi connectivity index (χ3v) is 7.10. The second kappa shape index (κ2) is 8.75. The SMILES string of the molecule is CC(C)(C)C(=O)N1CCCC1c1nc2c(c(=O)[nH]1)CN(C(=O)CC1CCCCC1)CC2. The Kier molecular flexibility index (Phi) is 6.22. The van der Waals surface area contributed by atoms with Gasteiger partial charge in [0.15, 0.2) is 0 Å². The summed E-state index contributed by atoms with van der Waals surface area (Å²) in [4.78, 5) is 50.1. The predicted octanol–water partition coefficient (Wildman–Crippen LogP) is 3.33. The molecule has 2 fully saturated rings. The molecule has 0 spiro atoms. The number of fused-ring (bicyclic) bond motifs is 1. The van der Waals surface area contributed by atoms with E-state index in [1.54, 1.807) is 0 Å². The number of hydrogen-bond donors (Lipinski definition) is 1. The fourth-order valence-corrected chi connectivity index (χ4v) is 5.31. The quantitative estimate of drug-likeness (QED) is 0.800. The van der Waals surface area contributed by atoms with Crippen molar-refractivity contribution in [3.05, 3.63) is 27.4 Å². The molecule has 4 rings (SSSR count). The van der Waals surface area contributed by atoms with Crippen LogP contribution in [0.2, 0.25) is 0 Å². The maximum atomic E-state index is 12.9. The summed E-state index contributed by atoms with van der Waals surface area (Å²) < 4.78 is 0. The molecule has 1 atom stereocenters. The van der Waals surface area contributed by atoms with Gasteiger partial charge in [-0.2, -0.15) is 0 Å². The van der Waals surface area contributed by atoms with Crippen molar-refractivity contribution >= 4 is 11.8 Å². The van der Waals surface area contributed by atoms with Gasteiger partial charge < -0.3 is 14.8 Å². The van der Waals surface area contributed by atoms with Crippen LogP contribution >= 0.6 is 0 Å². The van der Waals surface area contributed by atoms with E-state index in [2.05, 4.69) is 4.98 Å². The Labute approximate surface area is 184 Å². The molecule has 0 aromatic carbocycles. The number of nitrogens with one attached hydrogen (secondary N) is 1. The zero-order valence-electron chi connectivity index (χ0n) is 19.2. The Balaban J connectivity index is 1.49. The molecular formula is C24H36N4O3. The lowest BCUT2D eigenvalue weighted by molar-refractivity contribution is -0.140. The predicted molar refractivity (Wildman–Crippen MR) is 118 cm³/mol. The first-order chi connectivity index (χ1) is 14.7.